The summed E-state index contributed by atoms with van der Waals surface area (Å²) in [5, 5.41) is 0.492. The number of hydrogen-bond acceptors (Lipinski definition) is 5. The summed E-state index contributed by atoms with van der Waals surface area (Å²) in [6.07, 6.45) is 0. The van der Waals surface area contributed by atoms with Gasteiger partial charge in [-0.15, -0.1) is 0 Å². The van der Waals surface area contributed by atoms with Gasteiger partial charge in [-0.25, -0.2) is 8.42 Å². The number of carbonyl (C=O) groups excluding carboxylic acids is 1. The molecule has 0 aliphatic heterocycles. The molecule has 2 N–H and O–H groups in total. The van der Waals surface area contributed by atoms with Crippen LogP contribution in [0.2, 0.25) is 0 Å². The van der Waals surface area contributed by atoms with Gasteiger partial charge in [0.05, 0.1) is 37.3 Å². The first-order valence-electron chi connectivity index (χ1n) is 9.11. The molecule has 2 aromatic rings. The average molecular weight is 435 g/mol. The predicted molar refractivity (Wildman–Crippen MR) is 120 cm³/mol. The van der Waals surface area contributed by atoms with Crippen LogP contribution < -0.4 is 5.73 Å². The highest BCUT2D eigenvalue weighted by Gasteiger charge is 2.57. The normalized spacial score (nSPS) is 15.2. The van der Waals surface area contributed by atoms with Gasteiger partial charge in [-0.3, -0.25) is 4.79 Å². The van der Waals surface area contributed by atoms with Crippen molar-refractivity contribution >= 4 is 23.1 Å². The van der Waals surface area contributed by atoms with E-state index in [2.05, 4.69) is 6.58 Å². The maximum Gasteiger partial charge on any atom is 0.319 e. The molecule has 0 saturated heterocycles. The molecule has 0 aliphatic rings. The molecule has 0 radical (unpaired) electrons. The number of ether oxygens (including phenoxy) is 1. The minimum absolute atomic E-state index is 0.0448. The van der Waals surface area contributed by atoms with E-state index in [9.17, 15) is 13.2 Å². The van der Waals surface area contributed by atoms with Gasteiger partial charge in [0.2, 0.25) is 9.84 Å². The highest BCUT2D eigenvalue weighted by Crippen LogP contribution is 2.61. The van der Waals surface area contributed by atoms with Crippen molar-refractivity contribution in [1.82, 2.24) is 0 Å². The maximum absolute atomic E-state index is 13.9. The van der Waals surface area contributed by atoms with Crippen molar-refractivity contribution in [3.05, 3.63) is 77.6 Å². The van der Waals surface area contributed by atoms with Crippen LogP contribution >= 0.6 is 7.26 Å². The highest BCUT2D eigenvalue weighted by atomic mass is 32.2. The fourth-order valence-corrected chi connectivity index (χ4v) is 6.20. The van der Waals surface area contributed by atoms with E-state index in [0.29, 0.717) is 10.9 Å². The summed E-state index contributed by atoms with van der Waals surface area (Å²) in [5.74, 6) is -1.97. The summed E-state index contributed by atoms with van der Waals surface area (Å²) >= 11 is 0. The second-order valence-electron chi connectivity index (χ2n) is 7.94. The third-order valence-electron chi connectivity index (χ3n) is 5.06. The minimum Gasteiger partial charge on any atom is -0.468 e. The molecule has 2 aromatic carbocycles. The number of rotatable bonds is 7. The summed E-state index contributed by atoms with van der Waals surface area (Å²) in [6, 6.07) is 14.8. The third kappa shape index (κ3) is 4.30. The second kappa shape index (κ2) is 8.39. The number of sulfone groups is 1. The van der Waals surface area contributed by atoms with Gasteiger partial charge in [0, 0.05) is 7.26 Å². The van der Waals surface area contributed by atoms with Gasteiger partial charge in [0.1, 0.15) is 0 Å². The molecule has 5 nitrogen and oxygen atoms in total. The Balaban J connectivity index is 2.88. The van der Waals surface area contributed by atoms with E-state index < -0.39 is 33.9 Å². The number of benzene rings is 2. The van der Waals surface area contributed by atoms with Crippen molar-refractivity contribution in [3.8, 4) is 0 Å². The molecule has 0 heterocycles. The first-order valence-corrected chi connectivity index (χ1v) is 13.7. The summed E-state index contributed by atoms with van der Waals surface area (Å²) in [5.41, 5.74) is 7.98. The fourth-order valence-electron chi connectivity index (χ4n) is 3.15. The Bertz CT molecular complexity index is 995. The zero-order valence-electron chi connectivity index (χ0n) is 17.5. The Hall–Kier alpha value is -2.01. The van der Waals surface area contributed by atoms with Crippen LogP contribution in [0.4, 0.5) is 0 Å². The molecule has 0 aromatic heterocycles. The van der Waals surface area contributed by atoms with Gasteiger partial charge >= 0.3 is 5.97 Å². The van der Waals surface area contributed by atoms with Gasteiger partial charge in [-0.2, -0.15) is 0 Å². The predicted octanol–water partition coefficient (Wildman–Crippen LogP) is 3.79. The van der Waals surface area contributed by atoms with Crippen molar-refractivity contribution in [2.75, 3.05) is 27.1 Å². The first kappa shape index (κ1) is 23.3. The highest BCUT2D eigenvalue weighted by molar-refractivity contribution is 7.92. The number of hydrogen-bond donors (Lipinski definition) is 1. The lowest BCUT2D eigenvalue weighted by molar-refractivity contribution is -0.145. The van der Waals surface area contributed by atoms with Crippen molar-refractivity contribution in [1.29, 1.82) is 0 Å². The minimum atomic E-state index is -4.20. The number of carbonyl (C=O) groups is 1. The zero-order valence-corrected chi connectivity index (χ0v) is 19.3. The van der Waals surface area contributed by atoms with Gasteiger partial charge in [0.15, 0.2) is 10.8 Å². The Morgan fingerprint density at radius 3 is 2.03 bits per heavy atom. The van der Waals surface area contributed by atoms with E-state index in [4.69, 9.17) is 10.5 Å². The van der Waals surface area contributed by atoms with Crippen LogP contribution in [0.25, 0.3) is 0 Å². The molecule has 0 fully saturated rings. The molecule has 29 heavy (non-hydrogen) atoms. The van der Waals surface area contributed by atoms with Crippen LogP contribution in [0.15, 0.2) is 71.4 Å². The molecule has 0 amide bonds. The van der Waals surface area contributed by atoms with E-state index in [-0.39, 0.29) is 4.90 Å². The summed E-state index contributed by atoms with van der Waals surface area (Å²) in [6.45, 7) is 11.9. The molecular formula is C22H29NO4PS+. The van der Waals surface area contributed by atoms with E-state index in [0.717, 1.165) is 5.56 Å². The van der Waals surface area contributed by atoms with E-state index in [1.54, 1.807) is 42.5 Å². The molecule has 156 valence electrons. The summed E-state index contributed by atoms with van der Waals surface area (Å²) < 4.78 is 32.8. The molecule has 2 rings (SSSR count). The lowest BCUT2D eigenvalue weighted by Gasteiger charge is -2.37. The smallest absolute Gasteiger partial charge is 0.319 e. The van der Waals surface area contributed by atoms with Crippen LogP contribution in [0.1, 0.15) is 11.1 Å². The Morgan fingerprint density at radius 2 is 1.59 bits per heavy atom. The van der Waals surface area contributed by atoms with Gasteiger partial charge in [-0.05, 0) is 24.6 Å². The Labute approximate surface area is 174 Å². The van der Waals surface area contributed by atoms with E-state index >= 15 is 0 Å². The summed E-state index contributed by atoms with van der Waals surface area (Å²) in [4.78, 5) is 10.9. The SMILES string of the molecule is C=C(C(C(=O)OC)C(N)(c1ccccc1)S(=O)(=O)c1ccc(C)cc1)[P+](C)(C)C. The maximum atomic E-state index is 13.9. The monoisotopic (exact) mass is 434 g/mol. The van der Waals surface area contributed by atoms with Crippen LogP contribution in [-0.2, 0) is 24.2 Å². The molecule has 0 aliphatic carbocycles. The molecule has 2 unspecified atom stereocenters. The molecular weight excluding hydrogens is 405 g/mol. The zero-order chi connectivity index (χ0) is 22.0. The van der Waals surface area contributed by atoms with Gasteiger partial charge < -0.3 is 10.5 Å². The topological polar surface area (TPSA) is 86.5 Å². The van der Waals surface area contributed by atoms with Crippen molar-refractivity contribution in [3.63, 3.8) is 0 Å². The number of nitrogens with two attached hydrogens (primary N) is 1. The van der Waals surface area contributed by atoms with Crippen molar-refractivity contribution in [2.24, 2.45) is 11.7 Å². The van der Waals surface area contributed by atoms with E-state index in [1.165, 1.54) is 19.2 Å². The lowest BCUT2D eigenvalue weighted by atomic mass is 9.92. The molecule has 0 saturated carbocycles. The van der Waals surface area contributed by atoms with Crippen LogP contribution in [0.3, 0.4) is 0 Å². The quantitative estimate of drug-likeness (QED) is 0.529. The average Bonchev–Trinajstić information content (AvgIpc) is 2.67. The Kier molecular flexibility index (Phi) is 6.73. The second-order valence-corrected chi connectivity index (χ2v) is 14.7. The van der Waals surface area contributed by atoms with Crippen LogP contribution in [0, 0.1) is 12.8 Å². The first-order chi connectivity index (χ1) is 13.4. The van der Waals surface area contributed by atoms with E-state index in [1.807, 2.05) is 26.9 Å². The number of methoxy groups -OCH3 is 1. The largest absolute Gasteiger partial charge is 0.468 e. The van der Waals surface area contributed by atoms with Crippen LogP contribution in [-0.4, -0.2) is 41.5 Å². The van der Waals surface area contributed by atoms with Gasteiger partial charge in [-0.1, -0.05) is 54.6 Å². The fraction of sp³-hybridized carbons (Fsp3) is 0.318. The number of esters is 1. The molecule has 2 atom stereocenters. The molecule has 0 bridgehead atoms. The third-order valence-corrected chi connectivity index (χ3v) is 9.30. The van der Waals surface area contributed by atoms with Crippen LogP contribution in [0.5, 0.6) is 0 Å². The Morgan fingerprint density at radius 1 is 1.07 bits per heavy atom. The lowest BCUT2D eigenvalue weighted by Crippen LogP contribution is -2.54. The molecule has 0 spiro atoms. The van der Waals surface area contributed by atoms with Gasteiger partial charge in [0.25, 0.3) is 0 Å². The van der Waals surface area contributed by atoms with Crippen molar-refractivity contribution in [2.45, 2.75) is 16.7 Å². The standard InChI is InChI=1S/C22H29NO4PS/c1-16-12-14-19(15-13-16)29(25,26)22(23,18-10-8-7-9-11-18)20(21(24)27-3)17(2)28(4,5)6/h7-15,20H,2,23H2,1,3-6H3/q+1. The summed E-state index contributed by atoms with van der Waals surface area (Å²) in [7, 11) is -4.82. The number of aryl methyl sites for hydroxylation is 1. The molecule has 7 heteroatoms. The van der Waals surface area contributed by atoms with Crippen molar-refractivity contribution < 1.29 is 17.9 Å².